The smallest absolute Gasteiger partial charge is 0.138 e. The molecule has 2 aromatic rings. The molecule has 15 heavy (non-hydrogen) atoms. The molecule has 5 nitrogen and oxygen atoms in total. The molecule has 0 spiro atoms. The molecule has 0 aliphatic heterocycles. The maximum absolute atomic E-state index is 9.04. The van der Waals surface area contributed by atoms with Crippen molar-refractivity contribution in [3.63, 3.8) is 0 Å². The Labute approximate surface area is 87.2 Å². The van der Waals surface area contributed by atoms with E-state index in [4.69, 9.17) is 10.8 Å². The third-order valence-electron chi connectivity index (χ3n) is 2.20. The number of aliphatic hydroxyl groups excluding tert-OH is 1. The molecule has 1 aromatic carbocycles. The number of nitrogens with two attached hydrogens (primary N) is 1. The van der Waals surface area contributed by atoms with Crippen LogP contribution in [0.4, 0.5) is 0 Å². The summed E-state index contributed by atoms with van der Waals surface area (Å²) < 4.78 is 1.63. The molecule has 0 amide bonds. The molecule has 5 heteroatoms. The van der Waals surface area contributed by atoms with Gasteiger partial charge in [-0.05, 0) is 11.6 Å². The van der Waals surface area contributed by atoms with Crippen molar-refractivity contribution in [2.24, 2.45) is 5.73 Å². The molecule has 1 aromatic heterocycles. The van der Waals surface area contributed by atoms with E-state index in [1.807, 2.05) is 24.3 Å². The number of nitrogens with zero attached hydrogens (tertiary/aromatic N) is 3. The van der Waals surface area contributed by atoms with Gasteiger partial charge in [0.1, 0.15) is 12.7 Å². The molecular formula is C10H12N4O. The van der Waals surface area contributed by atoms with Gasteiger partial charge in [-0.2, -0.15) is 5.10 Å². The van der Waals surface area contributed by atoms with Gasteiger partial charge in [-0.1, -0.05) is 18.2 Å². The van der Waals surface area contributed by atoms with Crippen LogP contribution in [0.25, 0.3) is 5.69 Å². The van der Waals surface area contributed by atoms with Crippen molar-refractivity contribution in [3.8, 4) is 5.69 Å². The van der Waals surface area contributed by atoms with E-state index in [0.717, 1.165) is 11.3 Å². The number of aromatic nitrogens is 3. The van der Waals surface area contributed by atoms with Crippen LogP contribution in [0.1, 0.15) is 11.6 Å². The Morgan fingerprint density at radius 3 is 2.87 bits per heavy atom. The van der Waals surface area contributed by atoms with Gasteiger partial charge in [0.25, 0.3) is 0 Å². The van der Waals surface area contributed by atoms with Crippen molar-refractivity contribution >= 4 is 0 Å². The van der Waals surface area contributed by atoms with Crippen LogP contribution in [0.3, 0.4) is 0 Å². The van der Waals surface area contributed by atoms with Crippen LogP contribution >= 0.6 is 0 Å². The van der Waals surface area contributed by atoms with E-state index in [0.29, 0.717) is 0 Å². The fourth-order valence-electron chi connectivity index (χ4n) is 1.44. The fourth-order valence-corrected chi connectivity index (χ4v) is 1.44. The average molecular weight is 204 g/mol. The summed E-state index contributed by atoms with van der Waals surface area (Å²) in [6.45, 7) is -0.0916. The van der Waals surface area contributed by atoms with Crippen LogP contribution in [0.5, 0.6) is 0 Å². The molecule has 0 fully saturated rings. The summed E-state index contributed by atoms with van der Waals surface area (Å²) in [6, 6.07) is 7.14. The SMILES string of the molecule is N[C@@H](CO)c1ccccc1-n1cncn1. The molecule has 3 N–H and O–H groups in total. The van der Waals surface area contributed by atoms with Crippen LogP contribution in [0.15, 0.2) is 36.9 Å². The predicted molar refractivity (Wildman–Crippen MR) is 55.4 cm³/mol. The number of rotatable bonds is 3. The second-order valence-corrected chi connectivity index (χ2v) is 3.19. The van der Waals surface area contributed by atoms with Crippen LogP contribution in [0.2, 0.25) is 0 Å². The lowest BCUT2D eigenvalue weighted by Crippen LogP contribution is -2.17. The summed E-state index contributed by atoms with van der Waals surface area (Å²) in [5.41, 5.74) is 7.49. The highest BCUT2D eigenvalue weighted by Crippen LogP contribution is 2.18. The zero-order valence-corrected chi connectivity index (χ0v) is 8.11. The van der Waals surface area contributed by atoms with Gasteiger partial charge in [-0.25, -0.2) is 9.67 Å². The molecule has 0 unspecified atom stereocenters. The van der Waals surface area contributed by atoms with Gasteiger partial charge in [-0.15, -0.1) is 0 Å². The Morgan fingerprint density at radius 1 is 1.40 bits per heavy atom. The summed E-state index contributed by atoms with van der Waals surface area (Å²) in [5.74, 6) is 0. The van der Waals surface area contributed by atoms with Crippen molar-refractivity contribution in [1.29, 1.82) is 0 Å². The molecule has 2 rings (SSSR count). The minimum absolute atomic E-state index is 0.0916. The summed E-state index contributed by atoms with van der Waals surface area (Å²) in [6.07, 6.45) is 3.06. The Balaban J connectivity index is 2.47. The van der Waals surface area contributed by atoms with Gasteiger partial charge >= 0.3 is 0 Å². The monoisotopic (exact) mass is 204 g/mol. The molecule has 1 atom stereocenters. The second-order valence-electron chi connectivity index (χ2n) is 3.19. The maximum atomic E-state index is 9.04. The summed E-state index contributed by atoms with van der Waals surface area (Å²) in [4.78, 5) is 3.87. The zero-order chi connectivity index (χ0) is 10.7. The Bertz CT molecular complexity index is 427. The van der Waals surface area contributed by atoms with Crippen LogP contribution in [-0.4, -0.2) is 26.5 Å². The van der Waals surface area contributed by atoms with E-state index in [2.05, 4.69) is 10.1 Å². The van der Waals surface area contributed by atoms with Crippen LogP contribution in [0, 0.1) is 0 Å². The molecule has 0 saturated carbocycles. The highest BCUT2D eigenvalue weighted by molar-refractivity contribution is 5.41. The van der Waals surface area contributed by atoms with Gasteiger partial charge in [-0.3, -0.25) is 0 Å². The van der Waals surface area contributed by atoms with Gasteiger partial charge < -0.3 is 10.8 Å². The minimum Gasteiger partial charge on any atom is -0.394 e. The first-order valence-electron chi connectivity index (χ1n) is 4.63. The molecule has 0 saturated heterocycles. The average Bonchev–Trinajstić information content (AvgIpc) is 2.81. The van der Waals surface area contributed by atoms with Gasteiger partial charge in [0.15, 0.2) is 0 Å². The normalized spacial score (nSPS) is 12.7. The van der Waals surface area contributed by atoms with Crippen molar-refractivity contribution in [2.75, 3.05) is 6.61 Å². The summed E-state index contributed by atoms with van der Waals surface area (Å²) >= 11 is 0. The van der Waals surface area contributed by atoms with Crippen LogP contribution < -0.4 is 5.73 Å². The van der Waals surface area contributed by atoms with Crippen LogP contribution in [-0.2, 0) is 0 Å². The topological polar surface area (TPSA) is 77.0 Å². The number of hydrogen-bond donors (Lipinski definition) is 2. The fraction of sp³-hybridized carbons (Fsp3) is 0.200. The van der Waals surface area contributed by atoms with Crippen molar-refractivity contribution in [2.45, 2.75) is 6.04 Å². The summed E-state index contributed by atoms with van der Waals surface area (Å²) in [5, 5.41) is 13.1. The molecule has 1 heterocycles. The third-order valence-corrected chi connectivity index (χ3v) is 2.20. The lowest BCUT2D eigenvalue weighted by atomic mass is 10.1. The minimum atomic E-state index is -0.398. The molecule has 0 aliphatic carbocycles. The number of hydrogen-bond acceptors (Lipinski definition) is 4. The zero-order valence-electron chi connectivity index (χ0n) is 8.11. The Kier molecular flexibility index (Phi) is 2.75. The van der Waals surface area contributed by atoms with Crippen molar-refractivity contribution in [1.82, 2.24) is 14.8 Å². The van der Waals surface area contributed by atoms with Gasteiger partial charge in [0.2, 0.25) is 0 Å². The Hall–Kier alpha value is -1.72. The molecule has 0 bridgehead atoms. The first kappa shape index (κ1) is 9.82. The van der Waals surface area contributed by atoms with Crippen molar-refractivity contribution in [3.05, 3.63) is 42.5 Å². The second kappa shape index (κ2) is 4.20. The number of benzene rings is 1. The van der Waals surface area contributed by atoms with E-state index in [1.165, 1.54) is 6.33 Å². The highest BCUT2D eigenvalue weighted by Gasteiger charge is 2.10. The first-order valence-corrected chi connectivity index (χ1v) is 4.63. The molecule has 78 valence electrons. The van der Waals surface area contributed by atoms with E-state index in [9.17, 15) is 0 Å². The molecule has 0 aliphatic rings. The Morgan fingerprint density at radius 2 is 2.20 bits per heavy atom. The van der Waals surface area contributed by atoms with Gasteiger partial charge in [0.05, 0.1) is 18.3 Å². The van der Waals surface area contributed by atoms with E-state index < -0.39 is 6.04 Å². The maximum Gasteiger partial charge on any atom is 0.138 e. The lowest BCUT2D eigenvalue weighted by molar-refractivity contribution is 0.268. The van der Waals surface area contributed by atoms with Crippen molar-refractivity contribution < 1.29 is 5.11 Å². The quantitative estimate of drug-likeness (QED) is 0.751. The lowest BCUT2D eigenvalue weighted by Gasteiger charge is -2.13. The van der Waals surface area contributed by atoms with Gasteiger partial charge in [0, 0.05) is 0 Å². The molecule has 0 radical (unpaired) electrons. The van der Waals surface area contributed by atoms with E-state index in [1.54, 1.807) is 11.0 Å². The predicted octanol–water partition coefficient (Wildman–Crippen LogP) is 0.259. The standard InChI is InChI=1S/C10H12N4O/c11-9(5-15)8-3-1-2-4-10(8)14-7-12-6-13-14/h1-4,6-7,9,15H,5,11H2/t9-/m0/s1. The largest absolute Gasteiger partial charge is 0.394 e. The highest BCUT2D eigenvalue weighted by atomic mass is 16.3. The number of aliphatic hydroxyl groups is 1. The summed E-state index contributed by atoms with van der Waals surface area (Å²) in [7, 11) is 0. The molecular weight excluding hydrogens is 192 g/mol. The van der Waals surface area contributed by atoms with E-state index in [-0.39, 0.29) is 6.61 Å². The van der Waals surface area contributed by atoms with E-state index >= 15 is 0 Å². The number of para-hydroxylation sites is 1. The first-order chi connectivity index (χ1) is 7.33. The third kappa shape index (κ3) is 1.88.